The number of carbonyl (C=O) groups is 2. The fourth-order valence-electron chi connectivity index (χ4n) is 4.93. The summed E-state index contributed by atoms with van der Waals surface area (Å²) in [7, 11) is 0. The Labute approximate surface area is 214 Å². The minimum atomic E-state index is -0.323. The zero-order valence-corrected chi connectivity index (χ0v) is 21.0. The number of carbonyl (C=O) groups excluding carboxylic acids is 2. The summed E-state index contributed by atoms with van der Waals surface area (Å²) in [5, 5.41) is 0.224. The summed E-state index contributed by atoms with van der Waals surface area (Å²) >= 11 is 6.93. The van der Waals surface area contributed by atoms with Crippen LogP contribution in [0.3, 0.4) is 0 Å². The molecule has 3 aliphatic rings. The molecule has 2 aromatic rings. The van der Waals surface area contributed by atoms with E-state index in [1.807, 2.05) is 17.9 Å². The Morgan fingerprint density at radius 3 is 2.72 bits per heavy atom. The van der Waals surface area contributed by atoms with Gasteiger partial charge in [-0.15, -0.1) is 0 Å². The van der Waals surface area contributed by atoms with Crippen molar-refractivity contribution in [1.82, 2.24) is 19.8 Å². The number of rotatable bonds is 4. The topological polar surface area (TPSA) is 114 Å². The molecular formula is C25H29ClN6O4. The van der Waals surface area contributed by atoms with E-state index in [1.54, 1.807) is 15.9 Å². The molecule has 2 saturated heterocycles. The van der Waals surface area contributed by atoms with Crippen LogP contribution >= 0.6 is 11.6 Å². The van der Waals surface area contributed by atoms with Gasteiger partial charge in [0, 0.05) is 32.7 Å². The molecule has 0 radical (unpaired) electrons. The van der Waals surface area contributed by atoms with Crippen LogP contribution < -0.4 is 15.4 Å². The summed E-state index contributed by atoms with van der Waals surface area (Å²) < 4.78 is 11.8. The summed E-state index contributed by atoms with van der Waals surface area (Å²) in [6.07, 6.45) is 1.99. The number of fused-ring (bicyclic) bond motifs is 2. The van der Waals surface area contributed by atoms with Crippen LogP contribution in [0, 0.1) is 0 Å². The molecule has 2 fully saturated rings. The zero-order valence-electron chi connectivity index (χ0n) is 20.2. The van der Waals surface area contributed by atoms with Gasteiger partial charge in [-0.25, -0.2) is 9.97 Å². The molecule has 0 aliphatic carbocycles. The van der Waals surface area contributed by atoms with E-state index in [9.17, 15) is 9.59 Å². The van der Waals surface area contributed by atoms with E-state index < -0.39 is 0 Å². The lowest BCUT2D eigenvalue weighted by atomic mass is 10.0. The molecule has 36 heavy (non-hydrogen) atoms. The average Bonchev–Trinajstić information content (AvgIpc) is 3.05. The number of piperazine rings is 1. The summed E-state index contributed by atoms with van der Waals surface area (Å²) in [4.78, 5) is 41.2. The third-order valence-corrected chi connectivity index (χ3v) is 7.21. The van der Waals surface area contributed by atoms with Gasteiger partial charge in [0.15, 0.2) is 5.75 Å². The molecule has 2 aromatic heterocycles. The van der Waals surface area contributed by atoms with E-state index >= 15 is 0 Å². The highest BCUT2D eigenvalue weighted by Gasteiger charge is 2.40. The Kier molecular flexibility index (Phi) is 6.72. The van der Waals surface area contributed by atoms with Gasteiger partial charge in [0.2, 0.25) is 5.91 Å². The first-order chi connectivity index (χ1) is 17.4. The second kappa shape index (κ2) is 9.94. The van der Waals surface area contributed by atoms with Crippen LogP contribution in [0.4, 0.5) is 11.6 Å². The lowest BCUT2D eigenvalue weighted by Gasteiger charge is -2.39. The van der Waals surface area contributed by atoms with Crippen molar-refractivity contribution in [3.63, 3.8) is 0 Å². The molecule has 11 heteroatoms. The fraction of sp³-hybridized carbons (Fsp3) is 0.440. The summed E-state index contributed by atoms with van der Waals surface area (Å²) in [5.41, 5.74) is 8.29. The van der Waals surface area contributed by atoms with Crippen LogP contribution in [0.25, 0.3) is 11.4 Å². The Morgan fingerprint density at radius 1 is 1.22 bits per heavy atom. The lowest BCUT2D eigenvalue weighted by molar-refractivity contribution is -0.128. The molecule has 5 heterocycles. The fourth-order valence-corrected chi connectivity index (χ4v) is 5.21. The minimum absolute atomic E-state index is 0.167. The highest BCUT2D eigenvalue weighted by atomic mass is 35.5. The van der Waals surface area contributed by atoms with E-state index in [4.69, 9.17) is 31.8 Å². The summed E-state index contributed by atoms with van der Waals surface area (Å²) in [6, 6.07) is 3.33. The van der Waals surface area contributed by atoms with Gasteiger partial charge in [-0.1, -0.05) is 31.2 Å². The smallest absolute Gasteiger partial charge is 0.261 e. The number of amides is 2. The predicted molar refractivity (Wildman–Crippen MR) is 136 cm³/mol. The number of anilines is 2. The van der Waals surface area contributed by atoms with Gasteiger partial charge in [0.1, 0.15) is 34.5 Å². The number of hydrogen-bond acceptors (Lipinski definition) is 8. The number of aromatic nitrogens is 2. The molecular weight excluding hydrogens is 484 g/mol. The number of morpholine rings is 1. The van der Waals surface area contributed by atoms with E-state index in [1.165, 1.54) is 6.08 Å². The van der Waals surface area contributed by atoms with Crippen molar-refractivity contribution in [2.45, 2.75) is 19.4 Å². The number of nitrogens with zero attached hydrogens (tertiary/aromatic N) is 5. The van der Waals surface area contributed by atoms with Crippen molar-refractivity contribution in [3.8, 4) is 17.1 Å². The van der Waals surface area contributed by atoms with Crippen LogP contribution in [-0.2, 0) is 16.0 Å². The standard InChI is InChI=1S/C25H29ClN6O4/c1-3-15-5-6-17(27)28-21(15)22-20(26)23-19(24(29-22)30-9-11-35-12-10-30)25(34)32-8-7-31(18(33)4-2)13-16(32)14-36-23/h4-6,16H,2-3,7-14H2,1H3,(H2,27,28)/t16-/m1/s1. The Morgan fingerprint density at radius 2 is 2.00 bits per heavy atom. The van der Waals surface area contributed by atoms with Crippen LogP contribution in [-0.4, -0.2) is 90.2 Å². The molecule has 2 N–H and O–H groups in total. The molecule has 0 bridgehead atoms. The number of aryl methyl sites for hydroxylation is 1. The summed E-state index contributed by atoms with van der Waals surface area (Å²) in [5.74, 6) is 0.755. The van der Waals surface area contributed by atoms with Gasteiger partial charge in [0.05, 0.1) is 24.9 Å². The van der Waals surface area contributed by atoms with Gasteiger partial charge in [-0.05, 0) is 24.1 Å². The van der Waals surface area contributed by atoms with Crippen molar-refractivity contribution >= 4 is 35.1 Å². The molecule has 5 rings (SSSR count). The van der Waals surface area contributed by atoms with Crippen molar-refractivity contribution in [2.75, 3.05) is 63.2 Å². The number of hydrogen-bond donors (Lipinski definition) is 1. The maximum absolute atomic E-state index is 14.0. The van der Waals surface area contributed by atoms with Crippen LogP contribution in [0.1, 0.15) is 22.8 Å². The maximum Gasteiger partial charge on any atom is 0.261 e. The Bertz CT molecular complexity index is 1220. The second-order valence-corrected chi connectivity index (χ2v) is 9.33. The van der Waals surface area contributed by atoms with E-state index in [-0.39, 0.29) is 35.2 Å². The lowest BCUT2D eigenvalue weighted by Crippen LogP contribution is -2.57. The van der Waals surface area contributed by atoms with E-state index in [0.717, 1.165) is 5.56 Å². The van der Waals surface area contributed by atoms with Crippen molar-refractivity contribution < 1.29 is 19.1 Å². The van der Waals surface area contributed by atoms with E-state index in [0.29, 0.717) is 80.9 Å². The molecule has 3 aliphatic heterocycles. The average molecular weight is 513 g/mol. The second-order valence-electron chi connectivity index (χ2n) is 8.95. The van der Waals surface area contributed by atoms with Crippen LogP contribution in [0.15, 0.2) is 24.8 Å². The van der Waals surface area contributed by atoms with E-state index in [2.05, 4.69) is 11.6 Å². The SMILES string of the molecule is C=CC(=O)N1CCN2C(=O)c3c(N4CCOCC4)nc(-c4nc(N)ccc4CC)c(Cl)c3OC[C@H]2C1. The van der Waals surface area contributed by atoms with Gasteiger partial charge < -0.3 is 29.9 Å². The highest BCUT2D eigenvalue weighted by molar-refractivity contribution is 6.35. The third kappa shape index (κ3) is 4.24. The minimum Gasteiger partial charge on any atom is -0.489 e. The molecule has 1 atom stereocenters. The van der Waals surface area contributed by atoms with Crippen molar-refractivity contribution in [1.29, 1.82) is 0 Å². The van der Waals surface area contributed by atoms with Crippen LogP contribution in [0.5, 0.6) is 5.75 Å². The number of nitrogen functional groups attached to an aromatic ring is 1. The third-order valence-electron chi connectivity index (χ3n) is 6.86. The molecule has 190 valence electrons. The largest absolute Gasteiger partial charge is 0.489 e. The highest BCUT2D eigenvalue weighted by Crippen LogP contribution is 2.44. The molecule has 10 nitrogen and oxygen atoms in total. The number of ether oxygens (including phenoxy) is 2. The molecule has 2 amide bonds. The van der Waals surface area contributed by atoms with Gasteiger partial charge in [-0.2, -0.15) is 0 Å². The van der Waals surface area contributed by atoms with Gasteiger partial charge >= 0.3 is 0 Å². The Hall–Kier alpha value is -3.37. The summed E-state index contributed by atoms with van der Waals surface area (Å²) in [6.45, 7) is 9.13. The first-order valence-corrected chi connectivity index (χ1v) is 12.5. The zero-order chi connectivity index (χ0) is 25.4. The van der Waals surface area contributed by atoms with Gasteiger partial charge in [-0.3, -0.25) is 9.59 Å². The maximum atomic E-state index is 14.0. The first kappa shape index (κ1) is 24.3. The molecule has 0 aromatic carbocycles. The number of halogens is 1. The molecule has 0 unspecified atom stereocenters. The van der Waals surface area contributed by atoms with Crippen molar-refractivity contribution in [2.24, 2.45) is 0 Å². The number of nitrogens with two attached hydrogens (primary N) is 1. The molecule has 0 spiro atoms. The quantitative estimate of drug-likeness (QED) is 0.619. The predicted octanol–water partition coefficient (Wildman–Crippen LogP) is 2.01. The number of pyridine rings is 2. The van der Waals surface area contributed by atoms with Gasteiger partial charge in [0.25, 0.3) is 5.91 Å². The van der Waals surface area contributed by atoms with Crippen LogP contribution in [0.2, 0.25) is 5.02 Å². The monoisotopic (exact) mass is 512 g/mol. The molecule has 0 saturated carbocycles. The normalized spacial score (nSPS) is 19.8. The first-order valence-electron chi connectivity index (χ1n) is 12.1. The Balaban J connectivity index is 1.65. The van der Waals surface area contributed by atoms with Crippen molar-refractivity contribution in [3.05, 3.63) is 40.9 Å².